The van der Waals surface area contributed by atoms with Gasteiger partial charge in [0.25, 0.3) is 0 Å². The number of amides is 3. The maximum absolute atomic E-state index is 13.2. The minimum Gasteiger partial charge on any atom is -0.480 e. The number of carbonyl (C=O) groups excluding carboxylic acids is 3. The number of halogens is 3. The number of unbranched alkanes of at least 4 members (excludes halogenated alkanes) is 1. The summed E-state index contributed by atoms with van der Waals surface area (Å²) < 4.78 is 37.0. The lowest BCUT2D eigenvalue weighted by Crippen LogP contribution is -2.55. The van der Waals surface area contributed by atoms with Crippen LogP contribution in [0.1, 0.15) is 44.1 Å². The van der Waals surface area contributed by atoms with Crippen molar-refractivity contribution in [3.8, 4) is 0 Å². The Morgan fingerprint density at radius 2 is 1.73 bits per heavy atom. The molecule has 0 aliphatic carbocycles. The summed E-state index contributed by atoms with van der Waals surface area (Å²) in [6, 6.07) is 6.52. The van der Waals surface area contributed by atoms with E-state index < -0.39 is 48.0 Å². The Balaban J connectivity index is 0.00000334. The summed E-state index contributed by atoms with van der Waals surface area (Å²) in [6.07, 6.45) is -2.82. The number of hydrogen-bond donors (Lipinski definition) is 4. The number of aliphatic carboxylic acids is 1. The number of nitrogens with one attached hydrogen (secondary N) is 2. The van der Waals surface area contributed by atoms with Gasteiger partial charge in [0, 0.05) is 23.9 Å². The van der Waals surface area contributed by atoms with Crippen LogP contribution in [-0.2, 0) is 25.6 Å². The van der Waals surface area contributed by atoms with Crippen LogP contribution in [0.3, 0.4) is 0 Å². The summed E-state index contributed by atoms with van der Waals surface area (Å²) in [5.74, 6) is -4.34. The SMILES string of the molecule is N#N.NC(=O)[C@H](CCc1ccccc1)N[C@@H](CCCCNC(=O)C(F)(F)F)C(=O)N1CCC[C@H]1C(=O)O. The van der Waals surface area contributed by atoms with E-state index >= 15 is 0 Å². The number of primary amides is 1. The molecule has 0 unspecified atom stereocenters. The second-order valence-corrected chi connectivity index (χ2v) is 8.48. The van der Waals surface area contributed by atoms with Gasteiger partial charge in [0.1, 0.15) is 6.04 Å². The average molecular weight is 529 g/mol. The summed E-state index contributed by atoms with van der Waals surface area (Å²) in [4.78, 5) is 49.1. The second kappa shape index (κ2) is 15.4. The molecule has 1 saturated heterocycles. The Morgan fingerprint density at radius 1 is 1.08 bits per heavy atom. The molecule has 0 radical (unpaired) electrons. The quantitative estimate of drug-likeness (QED) is 0.218. The van der Waals surface area contributed by atoms with E-state index in [9.17, 15) is 37.5 Å². The van der Waals surface area contributed by atoms with Crippen LogP contribution in [0.5, 0.6) is 0 Å². The van der Waals surface area contributed by atoms with E-state index in [-0.39, 0.29) is 32.4 Å². The fraction of sp³-hybridized carbons (Fsp3) is 0.565. The van der Waals surface area contributed by atoms with Crippen molar-refractivity contribution in [2.45, 2.75) is 69.2 Å². The third-order valence-corrected chi connectivity index (χ3v) is 5.89. The van der Waals surface area contributed by atoms with Gasteiger partial charge in [-0.3, -0.25) is 19.7 Å². The molecule has 0 spiro atoms. The van der Waals surface area contributed by atoms with Crippen molar-refractivity contribution in [2.75, 3.05) is 13.1 Å². The fourth-order valence-electron chi connectivity index (χ4n) is 4.05. The first kappa shape index (κ1) is 31.3. The van der Waals surface area contributed by atoms with Gasteiger partial charge < -0.3 is 21.1 Å². The normalized spacial score (nSPS) is 16.7. The van der Waals surface area contributed by atoms with Crippen LogP contribution in [0.25, 0.3) is 0 Å². The number of carboxylic acid groups (broad SMARTS) is 1. The monoisotopic (exact) mass is 528 g/mol. The summed E-state index contributed by atoms with van der Waals surface area (Å²) >= 11 is 0. The van der Waals surface area contributed by atoms with Crippen LogP contribution in [0, 0.1) is 10.8 Å². The summed E-state index contributed by atoms with van der Waals surface area (Å²) in [7, 11) is 0. The number of nitrogens with two attached hydrogens (primary N) is 1. The number of nitrogens with zero attached hydrogens (tertiary/aromatic N) is 3. The van der Waals surface area contributed by atoms with E-state index in [1.807, 2.05) is 30.3 Å². The minimum atomic E-state index is -4.98. The van der Waals surface area contributed by atoms with Gasteiger partial charge in [0.2, 0.25) is 11.8 Å². The molecule has 1 aliphatic rings. The molecule has 0 bridgehead atoms. The fourth-order valence-corrected chi connectivity index (χ4v) is 4.05. The lowest BCUT2D eigenvalue weighted by Gasteiger charge is -2.29. The van der Waals surface area contributed by atoms with E-state index in [1.54, 1.807) is 5.32 Å². The third kappa shape index (κ3) is 10.4. The predicted octanol–water partition coefficient (Wildman–Crippen LogP) is 1.39. The van der Waals surface area contributed by atoms with E-state index in [0.717, 1.165) is 5.56 Å². The predicted molar refractivity (Wildman–Crippen MR) is 123 cm³/mol. The molecule has 204 valence electrons. The lowest BCUT2D eigenvalue weighted by atomic mass is 10.0. The van der Waals surface area contributed by atoms with Crippen molar-refractivity contribution in [1.29, 1.82) is 10.8 Å². The highest BCUT2D eigenvalue weighted by molar-refractivity contribution is 5.88. The number of carboxylic acids is 1. The van der Waals surface area contributed by atoms with Crippen LogP contribution in [0.4, 0.5) is 13.2 Å². The van der Waals surface area contributed by atoms with Crippen molar-refractivity contribution in [2.24, 2.45) is 5.73 Å². The standard InChI is InChI=1S/C23H31F3N4O5.N2/c24-23(25,26)22(35)28-13-5-4-9-17(20(32)30-14-6-10-18(30)21(33)34)29-16(19(27)31)12-11-15-7-2-1-3-8-15;1-2/h1-3,7-8,16-18,29H,4-6,9-14H2,(H2,27,31)(H,28,35)(H,33,34);/t16-,17-,18-;/m0./s1. The van der Waals surface area contributed by atoms with E-state index in [1.165, 1.54) is 4.90 Å². The summed E-state index contributed by atoms with van der Waals surface area (Å²) in [5, 5.41) is 26.2. The van der Waals surface area contributed by atoms with Crippen molar-refractivity contribution >= 4 is 23.7 Å². The third-order valence-electron chi connectivity index (χ3n) is 5.89. The molecule has 1 heterocycles. The van der Waals surface area contributed by atoms with Gasteiger partial charge in [-0.25, -0.2) is 4.79 Å². The minimum absolute atomic E-state index is 0.124. The number of rotatable bonds is 13. The van der Waals surface area contributed by atoms with Crippen LogP contribution in [0.15, 0.2) is 30.3 Å². The van der Waals surface area contributed by atoms with Crippen molar-refractivity contribution in [3.05, 3.63) is 35.9 Å². The molecule has 1 aromatic rings. The Kier molecular flexibility index (Phi) is 13.0. The van der Waals surface area contributed by atoms with E-state index in [2.05, 4.69) is 5.32 Å². The van der Waals surface area contributed by atoms with Gasteiger partial charge in [-0.05, 0) is 50.5 Å². The second-order valence-electron chi connectivity index (χ2n) is 8.48. The highest BCUT2D eigenvalue weighted by Gasteiger charge is 2.39. The van der Waals surface area contributed by atoms with Gasteiger partial charge in [0.15, 0.2) is 0 Å². The first-order valence-corrected chi connectivity index (χ1v) is 11.7. The smallest absolute Gasteiger partial charge is 0.471 e. The molecular weight excluding hydrogens is 497 g/mol. The van der Waals surface area contributed by atoms with Gasteiger partial charge in [-0.2, -0.15) is 13.2 Å². The largest absolute Gasteiger partial charge is 0.480 e. The highest BCUT2D eigenvalue weighted by Crippen LogP contribution is 2.20. The van der Waals surface area contributed by atoms with E-state index in [4.69, 9.17) is 16.5 Å². The van der Waals surface area contributed by atoms with E-state index in [0.29, 0.717) is 25.7 Å². The van der Waals surface area contributed by atoms with Gasteiger partial charge in [-0.1, -0.05) is 30.3 Å². The molecule has 3 atom stereocenters. The molecule has 1 fully saturated rings. The summed E-state index contributed by atoms with van der Waals surface area (Å²) in [6.45, 7) is 0.00878. The summed E-state index contributed by atoms with van der Waals surface area (Å²) in [5.41, 5.74) is 6.52. The Hall–Kier alpha value is -3.73. The van der Waals surface area contributed by atoms with Crippen molar-refractivity contribution in [1.82, 2.24) is 15.5 Å². The van der Waals surface area contributed by atoms with Gasteiger partial charge >= 0.3 is 18.1 Å². The maximum atomic E-state index is 13.2. The first-order chi connectivity index (χ1) is 17.5. The van der Waals surface area contributed by atoms with Crippen LogP contribution in [-0.4, -0.2) is 71.1 Å². The molecule has 5 N–H and O–H groups in total. The van der Waals surface area contributed by atoms with Crippen LogP contribution < -0.4 is 16.4 Å². The molecule has 11 nitrogen and oxygen atoms in total. The molecular formula is C23H31F3N6O5. The zero-order chi connectivity index (χ0) is 28.0. The first-order valence-electron chi connectivity index (χ1n) is 11.7. The zero-order valence-corrected chi connectivity index (χ0v) is 20.1. The Bertz CT molecular complexity index is 928. The number of carbonyl (C=O) groups is 4. The number of benzene rings is 1. The Morgan fingerprint density at radius 3 is 2.30 bits per heavy atom. The molecule has 14 heteroatoms. The van der Waals surface area contributed by atoms with Gasteiger partial charge in [-0.15, -0.1) is 0 Å². The average Bonchev–Trinajstić information content (AvgIpc) is 3.36. The van der Waals surface area contributed by atoms with Crippen LogP contribution >= 0.6 is 0 Å². The number of likely N-dealkylation sites (tertiary alicyclic amines) is 1. The highest BCUT2D eigenvalue weighted by atomic mass is 19.4. The number of aryl methyl sites for hydroxylation is 1. The van der Waals surface area contributed by atoms with Crippen molar-refractivity contribution in [3.63, 3.8) is 0 Å². The molecule has 37 heavy (non-hydrogen) atoms. The van der Waals surface area contributed by atoms with Crippen LogP contribution in [0.2, 0.25) is 0 Å². The van der Waals surface area contributed by atoms with Gasteiger partial charge in [0.05, 0.1) is 12.1 Å². The molecule has 0 aromatic heterocycles. The van der Waals surface area contributed by atoms with Crippen molar-refractivity contribution < 1.29 is 37.5 Å². The number of hydrogen-bond acceptors (Lipinski definition) is 7. The lowest BCUT2D eigenvalue weighted by molar-refractivity contribution is -0.173. The Labute approximate surface area is 212 Å². The topological polar surface area (TPSA) is 189 Å². The maximum Gasteiger partial charge on any atom is 0.471 e. The molecule has 0 saturated carbocycles. The molecule has 1 aromatic carbocycles. The molecule has 2 rings (SSSR count). The molecule has 3 amide bonds. The molecule has 1 aliphatic heterocycles. The zero-order valence-electron chi connectivity index (χ0n) is 20.1. The number of alkyl halides is 3.